The molecule has 1 heterocycles. The largest absolute Gasteiger partial charge is 0.391 e. The summed E-state index contributed by atoms with van der Waals surface area (Å²) in [5.74, 6) is -0.923. The van der Waals surface area contributed by atoms with Crippen LogP contribution in [0, 0.1) is 5.92 Å². The maximum absolute atomic E-state index is 11.7. The van der Waals surface area contributed by atoms with Crippen LogP contribution in [0.5, 0.6) is 0 Å². The Balaban J connectivity index is 2.01. The van der Waals surface area contributed by atoms with Gasteiger partial charge < -0.3 is 19.9 Å². The number of carbonyl (C=O) groups excluding carboxylic acids is 3. The molecule has 3 amide bonds. The quantitative estimate of drug-likeness (QED) is 0.383. The van der Waals surface area contributed by atoms with E-state index in [0.29, 0.717) is 26.4 Å². The minimum Gasteiger partial charge on any atom is -0.391 e. The molecule has 0 bridgehead atoms. The fourth-order valence-corrected chi connectivity index (χ4v) is 2.12. The zero-order chi connectivity index (χ0) is 17.2. The first-order chi connectivity index (χ1) is 10.9. The van der Waals surface area contributed by atoms with Crippen molar-refractivity contribution in [1.82, 2.24) is 10.2 Å². The summed E-state index contributed by atoms with van der Waals surface area (Å²) in [6, 6.07) is 0. The van der Waals surface area contributed by atoms with Crippen LogP contribution in [0.2, 0.25) is 0 Å². The Kier molecular flexibility index (Phi) is 8.75. The fraction of sp³-hybridized carbons (Fsp3) is 0.800. The molecule has 0 radical (unpaired) electrons. The molecule has 0 aromatic rings. The van der Waals surface area contributed by atoms with Crippen molar-refractivity contribution >= 4 is 17.7 Å². The molecule has 0 aromatic heterocycles. The molecule has 2 unspecified atom stereocenters. The van der Waals surface area contributed by atoms with Gasteiger partial charge in [0.1, 0.15) is 0 Å². The first-order valence-corrected chi connectivity index (χ1v) is 7.86. The zero-order valence-electron chi connectivity index (χ0n) is 13.7. The highest BCUT2D eigenvalue weighted by molar-refractivity contribution is 6.03. The van der Waals surface area contributed by atoms with E-state index >= 15 is 0 Å². The molecule has 23 heavy (non-hydrogen) atoms. The van der Waals surface area contributed by atoms with E-state index in [9.17, 15) is 14.4 Å². The predicted molar refractivity (Wildman–Crippen MR) is 81.4 cm³/mol. The Bertz CT molecular complexity index is 413. The Labute approximate surface area is 136 Å². The lowest BCUT2D eigenvalue weighted by Gasteiger charge is -2.14. The predicted octanol–water partition coefficient (Wildman–Crippen LogP) is -0.698. The van der Waals surface area contributed by atoms with Gasteiger partial charge in [-0.05, 0) is 6.92 Å². The van der Waals surface area contributed by atoms with Gasteiger partial charge in [-0.15, -0.1) is 0 Å². The normalized spacial score (nSPS) is 19.3. The van der Waals surface area contributed by atoms with Gasteiger partial charge in [-0.2, -0.15) is 0 Å². The lowest BCUT2D eigenvalue weighted by molar-refractivity contribution is -0.139. The summed E-state index contributed by atoms with van der Waals surface area (Å²) in [4.78, 5) is 36.0. The number of ether oxygens (including phenoxy) is 2. The summed E-state index contributed by atoms with van der Waals surface area (Å²) < 4.78 is 10.4. The van der Waals surface area contributed by atoms with Crippen LogP contribution in [-0.2, 0) is 23.9 Å². The highest BCUT2D eigenvalue weighted by Gasteiger charge is 2.35. The number of hydrogen-bond donors (Lipinski definition) is 2. The van der Waals surface area contributed by atoms with Gasteiger partial charge in [-0.1, -0.05) is 6.92 Å². The van der Waals surface area contributed by atoms with Crippen molar-refractivity contribution in [2.75, 3.05) is 39.5 Å². The van der Waals surface area contributed by atoms with Crippen molar-refractivity contribution in [3.8, 4) is 0 Å². The number of likely N-dealkylation sites (tertiary alicyclic amines) is 1. The number of carbonyl (C=O) groups is 3. The van der Waals surface area contributed by atoms with Crippen molar-refractivity contribution in [3.05, 3.63) is 0 Å². The van der Waals surface area contributed by atoms with Crippen LogP contribution in [0.15, 0.2) is 0 Å². The van der Waals surface area contributed by atoms with Crippen LogP contribution in [0.25, 0.3) is 0 Å². The summed E-state index contributed by atoms with van der Waals surface area (Å²) in [5.41, 5.74) is 0. The highest BCUT2D eigenvalue weighted by Crippen LogP contribution is 2.18. The number of nitrogens with one attached hydrogen (secondary N) is 1. The molecule has 0 aliphatic carbocycles. The minimum absolute atomic E-state index is 0.0989. The molecule has 0 saturated carbocycles. The van der Waals surface area contributed by atoms with Gasteiger partial charge in [0, 0.05) is 31.8 Å². The summed E-state index contributed by atoms with van der Waals surface area (Å²) in [7, 11) is 0. The van der Waals surface area contributed by atoms with Gasteiger partial charge in [0.25, 0.3) is 0 Å². The molecule has 0 aromatic carbocycles. The number of imide groups is 1. The van der Waals surface area contributed by atoms with Crippen LogP contribution in [-0.4, -0.2) is 73.3 Å². The molecule has 1 aliphatic rings. The second-order valence-corrected chi connectivity index (χ2v) is 5.63. The van der Waals surface area contributed by atoms with Crippen LogP contribution < -0.4 is 5.32 Å². The average molecular weight is 330 g/mol. The van der Waals surface area contributed by atoms with Crippen LogP contribution >= 0.6 is 0 Å². The Hall–Kier alpha value is -1.51. The van der Waals surface area contributed by atoms with Crippen LogP contribution in [0.4, 0.5) is 0 Å². The Morgan fingerprint density at radius 2 is 2.04 bits per heavy atom. The van der Waals surface area contributed by atoms with Crippen molar-refractivity contribution in [2.45, 2.75) is 32.8 Å². The zero-order valence-corrected chi connectivity index (χ0v) is 13.7. The molecule has 2 N–H and O–H groups in total. The monoisotopic (exact) mass is 330 g/mol. The molecule has 1 fully saturated rings. The Morgan fingerprint density at radius 3 is 2.65 bits per heavy atom. The average Bonchev–Trinajstić information content (AvgIpc) is 2.72. The number of hydrogen-bond acceptors (Lipinski definition) is 6. The van der Waals surface area contributed by atoms with E-state index in [1.54, 1.807) is 13.8 Å². The third-order valence-electron chi connectivity index (χ3n) is 3.33. The van der Waals surface area contributed by atoms with Gasteiger partial charge >= 0.3 is 0 Å². The van der Waals surface area contributed by atoms with E-state index in [2.05, 4.69) is 5.32 Å². The van der Waals surface area contributed by atoms with E-state index < -0.39 is 6.10 Å². The molecular formula is C15H26N2O6. The second kappa shape index (κ2) is 10.3. The topological polar surface area (TPSA) is 105 Å². The summed E-state index contributed by atoms with van der Waals surface area (Å²) >= 11 is 0. The molecule has 1 rings (SSSR count). The SMILES string of the molecule is CC(O)COCCOCCNC(=O)CCN1C(=O)CC(C)C1=O. The number of nitrogens with zero attached hydrogens (tertiary/aromatic N) is 1. The van der Waals surface area contributed by atoms with Crippen molar-refractivity contribution < 1.29 is 29.0 Å². The van der Waals surface area contributed by atoms with E-state index in [0.717, 1.165) is 4.90 Å². The van der Waals surface area contributed by atoms with E-state index in [4.69, 9.17) is 14.6 Å². The summed E-state index contributed by atoms with van der Waals surface area (Å²) in [6.45, 7) is 5.22. The molecule has 8 nitrogen and oxygen atoms in total. The first kappa shape index (κ1) is 19.5. The maximum Gasteiger partial charge on any atom is 0.232 e. The summed E-state index contributed by atoms with van der Waals surface area (Å²) in [5, 5.41) is 11.6. The van der Waals surface area contributed by atoms with Gasteiger partial charge in [0.05, 0.1) is 32.5 Å². The molecular weight excluding hydrogens is 304 g/mol. The second-order valence-electron chi connectivity index (χ2n) is 5.63. The lowest BCUT2D eigenvalue weighted by Crippen LogP contribution is -2.35. The smallest absolute Gasteiger partial charge is 0.232 e. The minimum atomic E-state index is -0.494. The number of aliphatic hydroxyl groups is 1. The maximum atomic E-state index is 11.7. The third kappa shape index (κ3) is 7.54. The van der Waals surface area contributed by atoms with Crippen molar-refractivity contribution in [1.29, 1.82) is 0 Å². The van der Waals surface area contributed by atoms with Crippen molar-refractivity contribution in [2.24, 2.45) is 5.92 Å². The molecule has 1 aliphatic heterocycles. The number of aliphatic hydroxyl groups excluding tert-OH is 1. The lowest BCUT2D eigenvalue weighted by atomic mass is 10.1. The molecule has 132 valence electrons. The van der Waals surface area contributed by atoms with Crippen LogP contribution in [0.3, 0.4) is 0 Å². The molecule has 1 saturated heterocycles. The molecule has 0 spiro atoms. The standard InChI is InChI=1S/C15H26N2O6/c1-11-9-14(20)17(15(11)21)5-3-13(19)16-4-6-22-7-8-23-10-12(2)18/h11-12,18H,3-10H2,1-2H3,(H,16,19). The van der Waals surface area contributed by atoms with Crippen LogP contribution in [0.1, 0.15) is 26.7 Å². The van der Waals surface area contributed by atoms with Gasteiger partial charge in [-0.3, -0.25) is 19.3 Å². The van der Waals surface area contributed by atoms with E-state index in [1.165, 1.54) is 0 Å². The third-order valence-corrected chi connectivity index (χ3v) is 3.33. The van der Waals surface area contributed by atoms with Gasteiger partial charge in [0.15, 0.2) is 0 Å². The summed E-state index contributed by atoms with van der Waals surface area (Å²) in [6.07, 6.45) is -0.167. The fourth-order valence-electron chi connectivity index (χ4n) is 2.12. The van der Waals surface area contributed by atoms with Gasteiger partial charge in [0.2, 0.25) is 17.7 Å². The molecule has 2 atom stereocenters. The van der Waals surface area contributed by atoms with Crippen molar-refractivity contribution in [3.63, 3.8) is 0 Å². The first-order valence-electron chi connectivity index (χ1n) is 7.86. The molecule has 8 heteroatoms. The number of amides is 3. The highest BCUT2D eigenvalue weighted by atomic mass is 16.5. The van der Waals surface area contributed by atoms with E-state index in [1.807, 2.05) is 0 Å². The van der Waals surface area contributed by atoms with E-state index in [-0.39, 0.29) is 49.6 Å². The number of rotatable bonds is 11. The van der Waals surface area contributed by atoms with Gasteiger partial charge in [-0.25, -0.2) is 0 Å². The Morgan fingerprint density at radius 1 is 1.35 bits per heavy atom.